The smallest absolute Gasteiger partial charge is 0.331 e. The Balaban J connectivity index is 3.06. The fraction of sp³-hybridized carbons (Fsp3) is 0. The first-order chi connectivity index (χ1) is 4.13. The zero-order chi connectivity index (χ0) is 7.02. The van der Waals surface area contributed by atoms with Crippen molar-refractivity contribution < 1.29 is 14.3 Å². The molecular weight excluding hydrogens is 118 g/mol. The molecule has 0 spiro atoms. The van der Waals surface area contributed by atoms with Gasteiger partial charge in [0.15, 0.2) is 0 Å². The molecule has 1 aliphatic heterocycles. The third-order valence-corrected chi connectivity index (χ3v) is 1.36. The molecule has 44 valence electrons. The van der Waals surface area contributed by atoms with Crippen molar-refractivity contribution in [3.63, 3.8) is 0 Å². The first kappa shape index (κ1) is 6.13. The molecule has 9 heavy (non-hydrogen) atoms. The number of rotatable bonds is 0. The van der Waals surface area contributed by atoms with Crippen molar-refractivity contribution in [1.29, 1.82) is 0 Å². The molecule has 0 N–H and O–H groups in total. The Morgan fingerprint density at radius 3 is 1.44 bits per heavy atom. The highest BCUT2D eigenvalue weighted by molar-refractivity contribution is 6.51. The van der Waals surface area contributed by atoms with E-state index in [0.29, 0.717) is 10.9 Å². The van der Waals surface area contributed by atoms with E-state index in [4.69, 9.17) is 0 Å². The van der Waals surface area contributed by atoms with Crippen LogP contribution in [0.1, 0.15) is 0 Å². The number of carbonyl (C=O) groups excluding carboxylic acids is 2. The van der Waals surface area contributed by atoms with E-state index in [1.54, 1.807) is 15.7 Å². The normalized spacial score (nSPS) is 18.7. The number of hydrogen-bond donors (Lipinski definition) is 0. The molecule has 0 aliphatic carbocycles. The van der Waals surface area contributed by atoms with Gasteiger partial charge in [-0.25, -0.2) is 9.59 Å². The molecule has 0 radical (unpaired) electrons. The van der Waals surface area contributed by atoms with Crippen LogP contribution in [0.4, 0.5) is 0 Å². The lowest BCUT2D eigenvalue weighted by molar-refractivity contribution is -0.150. The average Bonchev–Trinajstić information content (AvgIpc) is 1.98. The highest BCUT2D eigenvalue weighted by atomic mass is 16.6. The quantitative estimate of drug-likeness (QED) is 0.203. The van der Waals surface area contributed by atoms with Crippen molar-refractivity contribution in [2.75, 3.05) is 0 Å². The molecule has 0 unspecified atom stereocenters. The Morgan fingerprint density at radius 1 is 1.00 bits per heavy atom. The molecule has 1 aliphatic rings. The molecule has 3 nitrogen and oxygen atoms in total. The second-order valence-electron chi connectivity index (χ2n) is 1.93. The van der Waals surface area contributed by atoms with Gasteiger partial charge in [0, 0.05) is 0 Å². The fourth-order valence-electron chi connectivity index (χ4n) is 0.543. The summed E-state index contributed by atoms with van der Waals surface area (Å²) in [5, 5.41) is 0. The zero-order valence-electron chi connectivity index (χ0n) is 5.22. The molecule has 0 amide bonds. The predicted octanol–water partition coefficient (Wildman–Crippen LogP) is -2.45. The minimum absolute atomic E-state index is 0.417. The van der Waals surface area contributed by atoms with Gasteiger partial charge in [0.25, 0.3) is 0 Å². The molecule has 1 rings (SSSR count). The molecule has 0 aromatic carbocycles. The van der Waals surface area contributed by atoms with Gasteiger partial charge in [0.1, 0.15) is 15.7 Å². The summed E-state index contributed by atoms with van der Waals surface area (Å²) in [4.78, 5) is 21.0. The van der Waals surface area contributed by atoms with Crippen molar-refractivity contribution in [3.8, 4) is 0 Å². The van der Waals surface area contributed by atoms with Gasteiger partial charge >= 0.3 is 11.9 Å². The third kappa shape index (κ3) is 0.781. The molecule has 0 atom stereocenters. The maximum atomic E-state index is 10.5. The Kier molecular flexibility index (Phi) is 1.20. The zero-order valence-corrected chi connectivity index (χ0v) is 5.22. The van der Waals surface area contributed by atoms with E-state index in [2.05, 4.69) is 4.74 Å². The van der Waals surface area contributed by atoms with E-state index in [1.165, 1.54) is 0 Å². The Bertz CT molecular complexity index is 196. The minimum atomic E-state index is -0.516. The van der Waals surface area contributed by atoms with Gasteiger partial charge in [-0.05, 0) is 10.9 Å². The average molecular weight is 122 g/mol. The third-order valence-electron chi connectivity index (χ3n) is 1.36. The van der Waals surface area contributed by atoms with Crippen LogP contribution >= 0.6 is 0 Å². The van der Waals surface area contributed by atoms with Gasteiger partial charge < -0.3 is 4.74 Å². The number of hydrogen-bond acceptors (Lipinski definition) is 3. The summed E-state index contributed by atoms with van der Waals surface area (Å²) in [5.41, 5.74) is 0.833. The van der Waals surface area contributed by atoms with Crippen molar-refractivity contribution in [2.45, 2.75) is 0 Å². The van der Waals surface area contributed by atoms with Crippen LogP contribution in [0.25, 0.3) is 0 Å². The molecular formula is C4H4B2O3. The molecule has 0 aromatic rings. The highest BCUT2D eigenvalue weighted by Crippen LogP contribution is 2.09. The topological polar surface area (TPSA) is 43.4 Å². The number of ether oxygens (including phenoxy) is 1. The van der Waals surface area contributed by atoms with Gasteiger partial charge in [0.2, 0.25) is 0 Å². The summed E-state index contributed by atoms with van der Waals surface area (Å²) < 4.78 is 4.23. The maximum Gasteiger partial charge on any atom is 0.331 e. The summed E-state index contributed by atoms with van der Waals surface area (Å²) >= 11 is 0. The number of cyclic esters (lactones) is 2. The summed E-state index contributed by atoms with van der Waals surface area (Å²) in [6.45, 7) is 0. The van der Waals surface area contributed by atoms with Gasteiger partial charge in [-0.1, -0.05) is 0 Å². The van der Waals surface area contributed by atoms with Crippen molar-refractivity contribution in [1.82, 2.24) is 0 Å². The second kappa shape index (κ2) is 1.76. The molecule has 0 fully saturated rings. The Morgan fingerprint density at radius 2 is 1.33 bits per heavy atom. The SMILES string of the molecule is BC1=C(B)C(=O)OC1=O. The van der Waals surface area contributed by atoms with Crippen molar-refractivity contribution in [3.05, 3.63) is 10.9 Å². The van der Waals surface area contributed by atoms with Crippen LogP contribution in [0.5, 0.6) is 0 Å². The van der Waals surface area contributed by atoms with E-state index < -0.39 is 11.9 Å². The highest BCUT2D eigenvalue weighted by Gasteiger charge is 2.24. The van der Waals surface area contributed by atoms with Crippen LogP contribution in [-0.4, -0.2) is 27.6 Å². The van der Waals surface area contributed by atoms with E-state index in [9.17, 15) is 9.59 Å². The largest absolute Gasteiger partial charge is 0.387 e. The van der Waals surface area contributed by atoms with Gasteiger partial charge in [0.05, 0.1) is 0 Å². The first-order valence-corrected chi connectivity index (χ1v) is 2.57. The van der Waals surface area contributed by atoms with Gasteiger partial charge in [-0.15, -0.1) is 0 Å². The standard InChI is InChI=1S/C4H4B2O3/c5-1-2(6)4(8)9-3(1)7/h5-6H2. The van der Waals surface area contributed by atoms with E-state index >= 15 is 0 Å². The summed E-state index contributed by atoms with van der Waals surface area (Å²) in [6.07, 6.45) is 0. The van der Waals surface area contributed by atoms with Crippen molar-refractivity contribution >= 4 is 27.6 Å². The lowest BCUT2D eigenvalue weighted by Crippen LogP contribution is -2.01. The molecule has 0 bridgehead atoms. The fourth-order valence-corrected chi connectivity index (χ4v) is 0.543. The lowest BCUT2D eigenvalue weighted by atomic mass is 9.82. The van der Waals surface area contributed by atoms with E-state index in [1.807, 2.05) is 0 Å². The van der Waals surface area contributed by atoms with Crippen LogP contribution in [-0.2, 0) is 14.3 Å². The van der Waals surface area contributed by atoms with Crippen molar-refractivity contribution in [2.24, 2.45) is 0 Å². The Hall–Kier alpha value is -0.990. The predicted molar refractivity (Wildman–Crippen MR) is 35.2 cm³/mol. The number of esters is 2. The van der Waals surface area contributed by atoms with Crippen LogP contribution in [0, 0.1) is 0 Å². The maximum absolute atomic E-state index is 10.5. The molecule has 0 aromatic heterocycles. The summed E-state index contributed by atoms with van der Waals surface area (Å²) in [7, 11) is 3.14. The molecule has 0 saturated heterocycles. The number of carbonyl (C=O) groups is 2. The molecule has 0 saturated carbocycles. The van der Waals surface area contributed by atoms with Crippen LogP contribution in [0.3, 0.4) is 0 Å². The minimum Gasteiger partial charge on any atom is -0.387 e. The van der Waals surface area contributed by atoms with Crippen LogP contribution < -0.4 is 0 Å². The summed E-state index contributed by atoms with van der Waals surface area (Å²) in [6, 6.07) is 0. The lowest BCUT2D eigenvalue weighted by Gasteiger charge is -1.84. The first-order valence-electron chi connectivity index (χ1n) is 2.57. The monoisotopic (exact) mass is 122 g/mol. The molecule has 1 heterocycles. The van der Waals surface area contributed by atoms with Gasteiger partial charge in [-0.3, -0.25) is 0 Å². The van der Waals surface area contributed by atoms with Crippen LogP contribution in [0.2, 0.25) is 0 Å². The van der Waals surface area contributed by atoms with Gasteiger partial charge in [-0.2, -0.15) is 0 Å². The van der Waals surface area contributed by atoms with E-state index in [0.717, 1.165) is 0 Å². The van der Waals surface area contributed by atoms with E-state index in [-0.39, 0.29) is 0 Å². The molecule has 5 heteroatoms. The Labute approximate surface area is 53.9 Å². The second-order valence-corrected chi connectivity index (χ2v) is 1.93. The summed E-state index contributed by atoms with van der Waals surface area (Å²) in [5.74, 6) is -1.03. The van der Waals surface area contributed by atoms with Crippen LogP contribution in [0.15, 0.2) is 10.9 Å².